The molecule has 1 N–H and O–H groups in total. The zero-order chi connectivity index (χ0) is 21.3. The number of rotatable bonds is 5. The van der Waals surface area contributed by atoms with Gasteiger partial charge in [0.25, 0.3) is 11.1 Å². The van der Waals surface area contributed by atoms with Crippen LogP contribution in [0.3, 0.4) is 0 Å². The van der Waals surface area contributed by atoms with Crippen LogP contribution in [0.1, 0.15) is 28.6 Å². The number of carboxylic acids is 1. The summed E-state index contributed by atoms with van der Waals surface area (Å²) < 4.78 is 10.3. The van der Waals surface area contributed by atoms with Crippen molar-refractivity contribution < 1.29 is 33.4 Å². The zero-order valence-corrected chi connectivity index (χ0v) is 16.6. The molecule has 1 aliphatic rings. The van der Waals surface area contributed by atoms with Crippen LogP contribution in [0.15, 0.2) is 39.7 Å². The minimum Gasteiger partial charge on any atom is -0.478 e. The van der Waals surface area contributed by atoms with Crippen molar-refractivity contribution in [1.29, 1.82) is 0 Å². The number of amides is 2. The third-order valence-electron chi connectivity index (χ3n) is 4.39. The number of aryl methyl sites for hydroxylation is 1. The summed E-state index contributed by atoms with van der Waals surface area (Å²) in [5, 5.41) is 8.50. The van der Waals surface area contributed by atoms with Crippen molar-refractivity contribution in [2.24, 2.45) is 0 Å². The lowest BCUT2D eigenvalue weighted by Gasteiger charge is -2.18. The van der Waals surface area contributed by atoms with E-state index in [-0.39, 0.29) is 10.5 Å². The van der Waals surface area contributed by atoms with E-state index in [9.17, 15) is 19.2 Å². The highest BCUT2D eigenvalue weighted by molar-refractivity contribution is 8.18. The molecule has 0 saturated carbocycles. The highest BCUT2D eigenvalue weighted by atomic mass is 32.2. The van der Waals surface area contributed by atoms with Gasteiger partial charge in [-0.25, -0.2) is 9.59 Å². The van der Waals surface area contributed by atoms with Crippen LogP contribution in [0.25, 0.3) is 17.4 Å². The van der Waals surface area contributed by atoms with Crippen LogP contribution in [-0.2, 0) is 14.3 Å². The second-order valence-electron chi connectivity index (χ2n) is 6.29. The molecule has 0 radical (unpaired) electrons. The second-order valence-corrected chi connectivity index (χ2v) is 7.28. The molecule has 0 unspecified atom stereocenters. The molecule has 8 nitrogen and oxygen atoms in total. The molecule has 1 saturated heterocycles. The van der Waals surface area contributed by atoms with Crippen LogP contribution >= 0.6 is 11.8 Å². The number of furan rings is 1. The number of aromatic carboxylic acids is 1. The lowest BCUT2D eigenvalue weighted by atomic mass is 10.0. The molecule has 1 aromatic heterocycles. The number of carboxylic acid groups (broad SMARTS) is 1. The van der Waals surface area contributed by atoms with Crippen molar-refractivity contribution in [3.8, 4) is 11.3 Å². The number of methoxy groups -OCH3 is 1. The third-order valence-corrected chi connectivity index (χ3v) is 5.28. The van der Waals surface area contributed by atoms with E-state index in [0.29, 0.717) is 28.8 Å². The Morgan fingerprint density at radius 3 is 2.59 bits per heavy atom. The largest absolute Gasteiger partial charge is 0.478 e. The highest BCUT2D eigenvalue weighted by Crippen LogP contribution is 2.35. The Morgan fingerprint density at radius 2 is 1.97 bits per heavy atom. The van der Waals surface area contributed by atoms with E-state index in [1.165, 1.54) is 26.2 Å². The molecule has 2 heterocycles. The van der Waals surface area contributed by atoms with Gasteiger partial charge in [0.1, 0.15) is 17.6 Å². The molecule has 2 amide bonds. The molecule has 3 rings (SSSR count). The van der Waals surface area contributed by atoms with Gasteiger partial charge in [0.15, 0.2) is 0 Å². The number of thioether (sulfide) groups is 1. The molecule has 1 atom stereocenters. The van der Waals surface area contributed by atoms with Gasteiger partial charge < -0.3 is 14.3 Å². The monoisotopic (exact) mass is 415 g/mol. The normalized spacial score (nSPS) is 16.4. The van der Waals surface area contributed by atoms with Gasteiger partial charge in [0, 0.05) is 11.6 Å². The van der Waals surface area contributed by atoms with E-state index in [1.807, 2.05) is 0 Å². The van der Waals surface area contributed by atoms with Gasteiger partial charge in [-0.05, 0) is 55.4 Å². The van der Waals surface area contributed by atoms with Crippen LogP contribution in [0, 0.1) is 6.92 Å². The quantitative estimate of drug-likeness (QED) is 0.582. The summed E-state index contributed by atoms with van der Waals surface area (Å²) in [5.41, 5.74) is 1.60. The standard InChI is InChI=1S/C20H17NO7S/c1-10-8-12(18(23)24)4-6-14(10)15-7-5-13(28-15)9-16-17(22)21(20(26)29-16)11(2)19(25)27-3/h4-9,11H,1-3H3,(H,23,24)/b16-9-/t11-/m1/s1. The predicted molar refractivity (Wildman–Crippen MR) is 105 cm³/mol. The van der Waals surface area contributed by atoms with E-state index < -0.39 is 29.1 Å². The fraction of sp³-hybridized carbons (Fsp3) is 0.200. The number of benzene rings is 1. The van der Waals surface area contributed by atoms with Crippen LogP contribution in [0.5, 0.6) is 0 Å². The fourth-order valence-corrected chi connectivity index (χ4v) is 3.76. The van der Waals surface area contributed by atoms with Gasteiger partial charge in [-0.3, -0.25) is 14.5 Å². The second kappa shape index (κ2) is 7.96. The van der Waals surface area contributed by atoms with Gasteiger partial charge in [0.05, 0.1) is 17.6 Å². The SMILES string of the molecule is COC(=O)[C@@H](C)N1C(=O)S/C(=C\c2ccc(-c3ccc(C(=O)O)cc3C)o2)C1=O. The lowest BCUT2D eigenvalue weighted by Crippen LogP contribution is -2.42. The Bertz CT molecular complexity index is 1050. The Labute approximate surface area is 170 Å². The molecule has 1 aliphatic heterocycles. The molecule has 0 bridgehead atoms. The fourth-order valence-electron chi connectivity index (χ4n) is 2.87. The maximum absolute atomic E-state index is 12.5. The summed E-state index contributed by atoms with van der Waals surface area (Å²) >= 11 is 0.712. The first-order chi connectivity index (χ1) is 13.7. The molecular formula is C20H17NO7S. The number of hydrogen-bond acceptors (Lipinski definition) is 7. The van der Waals surface area contributed by atoms with Gasteiger partial charge in [-0.1, -0.05) is 6.07 Å². The summed E-state index contributed by atoms with van der Waals surface area (Å²) in [6.07, 6.45) is 1.43. The number of imide groups is 1. The van der Waals surface area contributed by atoms with Crippen molar-refractivity contribution in [2.75, 3.05) is 7.11 Å². The summed E-state index contributed by atoms with van der Waals surface area (Å²) in [5.74, 6) is -1.46. The molecule has 0 aliphatic carbocycles. The maximum Gasteiger partial charge on any atom is 0.335 e. The minimum absolute atomic E-state index is 0.129. The van der Waals surface area contributed by atoms with Crippen LogP contribution in [0.4, 0.5) is 4.79 Å². The van der Waals surface area contributed by atoms with Crippen LogP contribution in [0.2, 0.25) is 0 Å². The third kappa shape index (κ3) is 3.95. The molecule has 29 heavy (non-hydrogen) atoms. The Hall–Kier alpha value is -3.33. The molecule has 1 fully saturated rings. The number of esters is 1. The molecule has 9 heteroatoms. The van der Waals surface area contributed by atoms with Gasteiger partial charge >= 0.3 is 11.9 Å². The van der Waals surface area contributed by atoms with E-state index in [0.717, 1.165) is 10.5 Å². The number of carbonyl (C=O) groups is 4. The first-order valence-electron chi connectivity index (χ1n) is 8.52. The van der Waals surface area contributed by atoms with Gasteiger partial charge in [-0.2, -0.15) is 0 Å². The van der Waals surface area contributed by atoms with Crippen molar-refractivity contribution in [3.05, 3.63) is 52.1 Å². The first-order valence-corrected chi connectivity index (χ1v) is 9.33. The Balaban J connectivity index is 1.85. The van der Waals surface area contributed by atoms with Crippen molar-refractivity contribution in [1.82, 2.24) is 4.90 Å². The number of hydrogen-bond donors (Lipinski definition) is 1. The smallest absolute Gasteiger partial charge is 0.335 e. The van der Waals surface area contributed by atoms with Gasteiger partial charge in [-0.15, -0.1) is 0 Å². The molecule has 0 spiro atoms. The first kappa shape index (κ1) is 20.4. The topological polar surface area (TPSA) is 114 Å². The minimum atomic E-state index is -1.03. The van der Waals surface area contributed by atoms with E-state index in [4.69, 9.17) is 9.52 Å². The number of nitrogens with zero attached hydrogens (tertiary/aromatic N) is 1. The predicted octanol–water partition coefficient (Wildman–Crippen LogP) is 3.55. The Morgan fingerprint density at radius 1 is 1.24 bits per heavy atom. The van der Waals surface area contributed by atoms with Crippen LogP contribution < -0.4 is 0 Å². The highest BCUT2D eigenvalue weighted by Gasteiger charge is 2.41. The van der Waals surface area contributed by atoms with Crippen LogP contribution in [-0.4, -0.2) is 46.2 Å². The molecular weight excluding hydrogens is 398 g/mol. The lowest BCUT2D eigenvalue weighted by molar-refractivity contribution is -0.148. The van der Waals surface area contributed by atoms with E-state index in [2.05, 4.69) is 4.74 Å². The number of ether oxygens (including phenoxy) is 1. The summed E-state index contributed by atoms with van der Waals surface area (Å²) in [6.45, 7) is 3.18. The summed E-state index contributed by atoms with van der Waals surface area (Å²) in [4.78, 5) is 48.4. The average Bonchev–Trinajstić information content (AvgIpc) is 3.25. The average molecular weight is 415 g/mol. The molecule has 1 aromatic carbocycles. The Kier molecular flexibility index (Phi) is 5.60. The van der Waals surface area contributed by atoms with E-state index >= 15 is 0 Å². The molecule has 2 aromatic rings. The van der Waals surface area contributed by atoms with Crippen molar-refractivity contribution in [2.45, 2.75) is 19.9 Å². The van der Waals surface area contributed by atoms with Crippen molar-refractivity contribution in [3.63, 3.8) is 0 Å². The van der Waals surface area contributed by atoms with E-state index in [1.54, 1.807) is 31.2 Å². The number of carbonyl (C=O) groups excluding carboxylic acids is 3. The zero-order valence-electron chi connectivity index (χ0n) is 15.8. The maximum atomic E-state index is 12.5. The van der Waals surface area contributed by atoms with Gasteiger partial charge in [0.2, 0.25) is 0 Å². The summed E-state index contributed by atoms with van der Waals surface area (Å²) in [7, 11) is 1.18. The van der Waals surface area contributed by atoms with Crippen molar-refractivity contribution >= 4 is 40.9 Å². The molecule has 150 valence electrons. The summed E-state index contributed by atoms with van der Waals surface area (Å²) in [6, 6.07) is 6.97.